The summed E-state index contributed by atoms with van der Waals surface area (Å²) in [7, 11) is 0. The number of ether oxygens (including phenoxy) is 1. The van der Waals surface area contributed by atoms with Gasteiger partial charge in [0.25, 0.3) is 0 Å². The van der Waals surface area contributed by atoms with Crippen LogP contribution in [0.25, 0.3) is 0 Å². The summed E-state index contributed by atoms with van der Waals surface area (Å²) >= 11 is 0. The Kier molecular flexibility index (Phi) is 8.43. The molecule has 0 unspecified atom stereocenters. The number of amides is 3. The van der Waals surface area contributed by atoms with Gasteiger partial charge < -0.3 is 20.3 Å². The minimum Gasteiger partial charge on any atom is -0.450 e. The Bertz CT molecular complexity index is 404. The molecule has 0 aromatic heterocycles. The number of nitrogens with zero attached hydrogens (tertiary/aromatic N) is 1. The number of nitrogens with one attached hydrogen (secondary N) is 2. The van der Waals surface area contributed by atoms with Crippen LogP contribution in [0.1, 0.15) is 46.5 Å². The predicted molar refractivity (Wildman–Crippen MR) is 86.8 cm³/mol. The van der Waals surface area contributed by atoms with Crippen LogP contribution in [0.3, 0.4) is 0 Å². The molecule has 0 aromatic carbocycles. The topological polar surface area (TPSA) is 87.7 Å². The van der Waals surface area contributed by atoms with Crippen LogP contribution in [0.4, 0.5) is 4.79 Å². The highest BCUT2D eigenvalue weighted by molar-refractivity contribution is 5.96. The third kappa shape index (κ3) is 7.85. The van der Waals surface area contributed by atoms with Crippen LogP contribution in [0.15, 0.2) is 0 Å². The lowest BCUT2D eigenvalue weighted by atomic mass is 10.1. The lowest BCUT2D eigenvalue weighted by Crippen LogP contribution is -2.47. The lowest BCUT2D eigenvalue weighted by Gasteiger charge is -2.31. The number of likely N-dealkylation sites (tertiary alicyclic amines) is 1. The summed E-state index contributed by atoms with van der Waals surface area (Å²) in [5.74, 6) is 0.0162. The zero-order chi connectivity index (χ0) is 17.2. The van der Waals surface area contributed by atoms with Crippen LogP contribution in [0.2, 0.25) is 0 Å². The molecule has 0 atom stereocenters. The van der Waals surface area contributed by atoms with Gasteiger partial charge in [-0.25, -0.2) is 4.79 Å². The van der Waals surface area contributed by atoms with Crippen molar-refractivity contribution in [2.75, 3.05) is 26.2 Å². The molecule has 1 rings (SSSR count). The third-order valence-electron chi connectivity index (χ3n) is 3.75. The van der Waals surface area contributed by atoms with Crippen LogP contribution >= 0.6 is 0 Å². The van der Waals surface area contributed by atoms with Crippen molar-refractivity contribution in [3.63, 3.8) is 0 Å². The van der Waals surface area contributed by atoms with Crippen LogP contribution in [0.5, 0.6) is 0 Å². The van der Waals surface area contributed by atoms with E-state index in [4.69, 9.17) is 4.74 Å². The Balaban J connectivity index is 2.21. The fraction of sp³-hybridized carbons (Fsp3) is 0.812. The van der Waals surface area contributed by atoms with Gasteiger partial charge in [-0.15, -0.1) is 0 Å². The first kappa shape index (κ1) is 19.3. The molecule has 7 nitrogen and oxygen atoms in total. The second-order valence-electron chi connectivity index (χ2n) is 6.24. The highest BCUT2D eigenvalue weighted by atomic mass is 16.6. The summed E-state index contributed by atoms with van der Waals surface area (Å²) < 4.78 is 4.95. The quantitative estimate of drug-likeness (QED) is 0.690. The van der Waals surface area contributed by atoms with E-state index in [2.05, 4.69) is 24.5 Å². The van der Waals surface area contributed by atoms with Crippen LogP contribution in [-0.4, -0.2) is 55.1 Å². The van der Waals surface area contributed by atoms with E-state index in [1.54, 1.807) is 11.8 Å². The van der Waals surface area contributed by atoms with Gasteiger partial charge >= 0.3 is 6.09 Å². The summed E-state index contributed by atoms with van der Waals surface area (Å²) in [5.41, 5.74) is 0. The van der Waals surface area contributed by atoms with Crippen molar-refractivity contribution in [3.8, 4) is 0 Å². The molecular formula is C16H29N3O4. The number of piperidine rings is 1. The standard InChI is InChI=1S/C16H29N3O4/c1-4-23-16(22)19-9-6-13(7-10-19)18-15(21)11-14(20)17-8-5-12(2)3/h12-13H,4-11H2,1-3H3,(H,17,20)(H,18,21). The van der Waals surface area contributed by atoms with E-state index < -0.39 is 0 Å². The molecule has 2 N–H and O–H groups in total. The Hall–Kier alpha value is -1.79. The molecule has 132 valence electrons. The summed E-state index contributed by atoms with van der Waals surface area (Å²) in [4.78, 5) is 36.7. The third-order valence-corrected chi connectivity index (χ3v) is 3.75. The van der Waals surface area contributed by atoms with Gasteiger partial charge in [0.15, 0.2) is 0 Å². The van der Waals surface area contributed by atoms with Crippen molar-refractivity contribution in [2.24, 2.45) is 5.92 Å². The molecular weight excluding hydrogens is 298 g/mol. The van der Waals surface area contributed by atoms with Crippen LogP contribution < -0.4 is 10.6 Å². The van der Waals surface area contributed by atoms with E-state index in [0.29, 0.717) is 45.0 Å². The average molecular weight is 327 g/mol. The Morgan fingerprint density at radius 3 is 2.39 bits per heavy atom. The second-order valence-corrected chi connectivity index (χ2v) is 6.24. The van der Waals surface area contributed by atoms with Gasteiger partial charge in [-0.2, -0.15) is 0 Å². The Morgan fingerprint density at radius 2 is 1.83 bits per heavy atom. The van der Waals surface area contributed by atoms with E-state index in [-0.39, 0.29) is 30.4 Å². The highest BCUT2D eigenvalue weighted by Crippen LogP contribution is 2.11. The van der Waals surface area contributed by atoms with Gasteiger partial charge in [0, 0.05) is 25.7 Å². The molecule has 1 aliphatic heterocycles. The minimum atomic E-state index is -0.304. The summed E-state index contributed by atoms with van der Waals surface area (Å²) in [6, 6.07) is 0.0108. The van der Waals surface area contributed by atoms with Crippen molar-refractivity contribution in [3.05, 3.63) is 0 Å². The smallest absolute Gasteiger partial charge is 0.409 e. The molecule has 0 spiro atoms. The highest BCUT2D eigenvalue weighted by Gasteiger charge is 2.24. The first-order chi connectivity index (χ1) is 10.9. The number of rotatable bonds is 7. The maximum Gasteiger partial charge on any atom is 0.409 e. The van der Waals surface area contributed by atoms with Gasteiger partial charge in [0.1, 0.15) is 6.42 Å². The van der Waals surface area contributed by atoms with Crippen molar-refractivity contribution >= 4 is 17.9 Å². The van der Waals surface area contributed by atoms with Crippen LogP contribution in [-0.2, 0) is 14.3 Å². The molecule has 1 heterocycles. The molecule has 0 bridgehead atoms. The number of carbonyl (C=O) groups is 3. The van der Waals surface area contributed by atoms with Crippen molar-refractivity contribution < 1.29 is 19.1 Å². The number of hydrogen-bond acceptors (Lipinski definition) is 4. The summed E-state index contributed by atoms with van der Waals surface area (Å²) in [6.45, 7) is 8.03. The van der Waals surface area contributed by atoms with E-state index in [9.17, 15) is 14.4 Å². The molecule has 0 radical (unpaired) electrons. The molecule has 1 fully saturated rings. The molecule has 1 aliphatic rings. The monoisotopic (exact) mass is 327 g/mol. The fourth-order valence-electron chi connectivity index (χ4n) is 2.41. The molecule has 3 amide bonds. The molecule has 1 saturated heterocycles. The maximum atomic E-state index is 11.9. The van der Waals surface area contributed by atoms with Gasteiger partial charge in [0.05, 0.1) is 6.61 Å². The first-order valence-corrected chi connectivity index (χ1v) is 8.40. The van der Waals surface area contributed by atoms with Gasteiger partial charge in [0.2, 0.25) is 11.8 Å². The predicted octanol–water partition coefficient (Wildman–Crippen LogP) is 1.28. The zero-order valence-corrected chi connectivity index (χ0v) is 14.4. The molecule has 0 saturated carbocycles. The van der Waals surface area contributed by atoms with Gasteiger partial charge in [-0.3, -0.25) is 9.59 Å². The lowest BCUT2D eigenvalue weighted by molar-refractivity contribution is -0.129. The van der Waals surface area contributed by atoms with E-state index >= 15 is 0 Å². The minimum absolute atomic E-state index is 0.0108. The molecule has 23 heavy (non-hydrogen) atoms. The van der Waals surface area contributed by atoms with Gasteiger partial charge in [-0.1, -0.05) is 13.8 Å². The van der Waals surface area contributed by atoms with Gasteiger partial charge in [-0.05, 0) is 32.1 Å². The maximum absolute atomic E-state index is 11.9. The number of carbonyl (C=O) groups excluding carboxylic acids is 3. The van der Waals surface area contributed by atoms with Crippen molar-refractivity contribution in [2.45, 2.75) is 52.5 Å². The zero-order valence-electron chi connectivity index (χ0n) is 14.4. The van der Waals surface area contributed by atoms with Crippen LogP contribution in [0, 0.1) is 5.92 Å². The Labute approximate surface area is 138 Å². The van der Waals surface area contributed by atoms with E-state index in [1.807, 2.05) is 0 Å². The van der Waals surface area contributed by atoms with Crippen molar-refractivity contribution in [1.29, 1.82) is 0 Å². The fourth-order valence-corrected chi connectivity index (χ4v) is 2.41. The molecule has 0 aromatic rings. The Morgan fingerprint density at radius 1 is 1.17 bits per heavy atom. The SMILES string of the molecule is CCOC(=O)N1CCC(NC(=O)CC(=O)NCCC(C)C)CC1. The second kappa shape index (κ2) is 10.1. The largest absolute Gasteiger partial charge is 0.450 e. The summed E-state index contributed by atoms with van der Waals surface area (Å²) in [6.07, 6.45) is 1.82. The normalized spacial score (nSPS) is 15.4. The van der Waals surface area contributed by atoms with Crippen molar-refractivity contribution in [1.82, 2.24) is 15.5 Å². The number of hydrogen-bond donors (Lipinski definition) is 2. The van der Waals surface area contributed by atoms with E-state index in [0.717, 1.165) is 6.42 Å². The first-order valence-electron chi connectivity index (χ1n) is 8.40. The summed E-state index contributed by atoms with van der Waals surface area (Å²) in [5, 5.41) is 5.61. The average Bonchev–Trinajstić information content (AvgIpc) is 2.47. The molecule has 7 heteroatoms. The van der Waals surface area contributed by atoms with E-state index in [1.165, 1.54) is 0 Å². The molecule has 0 aliphatic carbocycles.